The number of carbonyl (C=O) groups is 1. The van der Waals surface area contributed by atoms with Gasteiger partial charge in [-0.25, -0.2) is 0 Å². The van der Waals surface area contributed by atoms with Crippen LogP contribution >= 0.6 is 24.2 Å². The molecule has 1 heterocycles. The van der Waals surface area contributed by atoms with Gasteiger partial charge in [-0.05, 0) is 62.9 Å². The third kappa shape index (κ3) is 4.40. The number of hydrogen-bond acceptors (Lipinski definition) is 3. The Kier molecular flexibility index (Phi) is 7.41. The van der Waals surface area contributed by atoms with Crippen molar-refractivity contribution in [1.82, 2.24) is 10.2 Å². The van der Waals surface area contributed by atoms with Crippen LogP contribution in [0.4, 0.5) is 0 Å². The first kappa shape index (κ1) is 17.3. The first-order valence-corrected chi connectivity index (χ1v) is 8.05. The predicted octanol–water partition coefficient (Wildman–Crippen LogP) is 2.90. The fourth-order valence-electron chi connectivity index (χ4n) is 2.55. The van der Waals surface area contributed by atoms with E-state index in [2.05, 4.69) is 5.32 Å². The molecule has 1 aliphatic heterocycles. The van der Waals surface area contributed by atoms with E-state index in [0.717, 1.165) is 38.0 Å². The maximum atomic E-state index is 12.4. The van der Waals surface area contributed by atoms with Crippen LogP contribution in [-0.2, 0) is 0 Å². The number of nitrogens with zero attached hydrogens (tertiary/aromatic N) is 1. The molecule has 0 atom stereocenters. The van der Waals surface area contributed by atoms with Gasteiger partial charge < -0.3 is 10.2 Å². The second-order valence-electron chi connectivity index (χ2n) is 5.02. The van der Waals surface area contributed by atoms with E-state index in [1.165, 1.54) is 4.90 Å². The Morgan fingerprint density at radius 1 is 1.30 bits per heavy atom. The van der Waals surface area contributed by atoms with Crippen LogP contribution in [0.2, 0.25) is 0 Å². The topological polar surface area (TPSA) is 32.3 Å². The molecule has 0 saturated carbocycles. The molecule has 1 aromatic carbocycles. The van der Waals surface area contributed by atoms with Gasteiger partial charge in [0.15, 0.2) is 0 Å². The van der Waals surface area contributed by atoms with Crippen molar-refractivity contribution >= 4 is 30.1 Å². The standard InChI is InChI=1S/C15H22N2OS.ClH/c1-16-11-12-7-9-17(10-8-12)15(18)13-3-5-14(19-2)6-4-13;/h3-6,12,16H,7-11H2,1-2H3;1H. The second kappa shape index (κ2) is 8.55. The van der Waals surface area contributed by atoms with Crippen molar-refractivity contribution in [2.24, 2.45) is 5.92 Å². The molecule has 0 unspecified atom stereocenters. The summed E-state index contributed by atoms with van der Waals surface area (Å²) < 4.78 is 0. The smallest absolute Gasteiger partial charge is 0.253 e. The fourth-order valence-corrected chi connectivity index (χ4v) is 2.95. The number of amides is 1. The minimum Gasteiger partial charge on any atom is -0.339 e. The van der Waals surface area contributed by atoms with Crippen LogP contribution in [0.1, 0.15) is 23.2 Å². The molecule has 1 N–H and O–H groups in total. The fraction of sp³-hybridized carbons (Fsp3) is 0.533. The molecule has 1 fully saturated rings. The minimum atomic E-state index is 0. The van der Waals surface area contributed by atoms with Crippen LogP contribution in [0.15, 0.2) is 29.2 Å². The summed E-state index contributed by atoms with van der Waals surface area (Å²) in [6.07, 6.45) is 4.26. The zero-order chi connectivity index (χ0) is 13.7. The van der Waals surface area contributed by atoms with E-state index in [0.29, 0.717) is 5.92 Å². The quantitative estimate of drug-likeness (QED) is 0.867. The van der Waals surface area contributed by atoms with Gasteiger partial charge in [-0.3, -0.25) is 4.79 Å². The third-order valence-corrected chi connectivity index (χ3v) is 4.48. The van der Waals surface area contributed by atoms with E-state index in [-0.39, 0.29) is 18.3 Å². The van der Waals surface area contributed by atoms with Crippen LogP contribution in [-0.4, -0.2) is 43.7 Å². The summed E-state index contributed by atoms with van der Waals surface area (Å²) >= 11 is 1.70. The molecule has 1 saturated heterocycles. The Labute approximate surface area is 131 Å². The molecular weight excluding hydrogens is 292 g/mol. The average Bonchev–Trinajstić information content (AvgIpc) is 2.48. The van der Waals surface area contributed by atoms with Crippen LogP contribution in [0.25, 0.3) is 0 Å². The van der Waals surface area contributed by atoms with Gasteiger partial charge in [0, 0.05) is 23.5 Å². The SMILES string of the molecule is CNCC1CCN(C(=O)c2ccc(SC)cc2)CC1.Cl. The van der Waals surface area contributed by atoms with Crippen molar-refractivity contribution in [2.75, 3.05) is 32.9 Å². The lowest BCUT2D eigenvalue weighted by atomic mass is 9.96. The highest BCUT2D eigenvalue weighted by Gasteiger charge is 2.22. The van der Waals surface area contributed by atoms with E-state index in [9.17, 15) is 4.79 Å². The number of nitrogens with one attached hydrogen (secondary N) is 1. The zero-order valence-electron chi connectivity index (χ0n) is 12.1. The normalized spacial score (nSPS) is 15.8. The maximum absolute atomic E-state index is 12.4. The highest BCUT2D eigenvalue weighted by Crippen LogP contribution is 2.20. The van der Waals surface area contributed by atoms with E-state index < -0.39 is 0 Å². The summed E-state index contributed by atoms with van der Waals surface area (Å²) in [6.45, 7) is 2.83. The molecule has 2 rings (SSSR count). The molecule has 0 bridgehead atoms. The van der Waals surface area contributed by atoms with Crippen molar-refractivity contribution in [1.29, 1.82) is 0 Å². The summed E-state index contributed by atoms with van der Waals surface area (Å²) in [7, 11) is 1.99. The number of rotatable bonds is 4. The zero-order valence-corrected chi connectivity index (χ0v) is 13.7. The third-order valence-electron chi connectivity index (χ3n) is 3.73. The molecule has 112 valence electrons. The lowest BCUT2D eigenvalue weighted by Crippen LogP contribution is -2.40. The monoisotopic (exact) mass is 314 g/mol. The van der Waals surface area contributed by atoms with Gasteiger partial charge in [0.05, 0.1) is 0 Å². The van der Waals surface area contributed by atoms with Gasteiger partial charge in [-0.1, -0.05) is 0 Å². The van der Waals surface area contributed by atoms with Crippen LogP contribution in [0.5, 0.6) is 0 Å². The second-order valence-corrected chi connectivity index (χ2v) is 5.90. The number of piperidine rings is 1. The highest BCUT2D eigenvalue weighted by molar-refractivity contribution is 7.98. The number of carbonyl (C=O) groups excluding carboxylic acids is 1. The van der Waals surface area contributed by atoms with Crippen molar-refractivity contribution < 1.29 is 4.79 Å². The maximum Gasteiger partial charge on any atom is 0.253 e. The highest BCUT2D eigenvalue weighted by atomic mass is 35.5. The Morgan fingerprint density at radius 2 is 1.90 bits per heavy atom. The number of hydrogen-bond donors (Lipinski definition) is 1. The Morgan fingerprint density at radius 3 is 2.40 bits per heavy atom. The molecular formula is C15H23ClN2OS. The van der Waals surface area contributed by atoms with Crippen molar-refractivity contribution in [3.8, 4) is 0 Å². The number of thioether (sulfide) groups is 1. The number of likely N-dealkylation sites (tertiary alicyclic amines) is 1. The Bertz CT molecular complexity index is 416. The van der Waals surface area contributed by atoms with E-state index >= 15 is 0 Å². The molecule has 0 radical (unpaired) electrons. The number of benzene rings is 1. The first-order chi connectivity index (χ1) is 9.24. The van der Waals surface area contributed by atoms with Crippen molar-refractivity contribution in [2.45, 2.75) is 17.7 Å². The summed E-state index contributed by atoms with van der Waals surface area (Å²) in [4.78, 5) is 15.6. The van der Waals surface area contributed by atoms with Gasteiger partial charge >= 0.3 is 0 Å². The van der Waals surface area contributed by atoms with E-state index in [4.69, 9.17) is 0 Å². The molecule has 0 spiro atoms. The molecule has 5 heteroatoms. The predicted molar refractivity (Wildman–Crippen MR) is 88.0 cm³/mol. The lowest BCUT2D eigenvalue weighted by molar-refractivity contribution is 0.0691. The first-order valence-electron chi connectivity index (χ1n) is 6.82. The molecule has 3 nitrogen and oxygen atoms in total. The Balaban J connectivity index is 0.00000200. The average molecular weight is 315 g/mol. The van der Waals surface area contributed by atoms with E-state index in [1.54, 1.807) is 11.8 Å². The van der Waals surface area contributed by atoms with Gasteiger partial charge in [0.1, 0.15) is 0 Å². The minimum absolute atomic E-state index is 0. The largest absolute Gasteiger partial charge is 0.339 e. The lowest BCUT2D eigenvalue weighted by Gasteiger charge is -2.32. The van der Waals surface area contributed by atoms with Crippen molar-refractivity contribution in [3.05, 3.63) is 29.8 Å². The summed E-state index contributed by atoms with van der Waals surface area (Å²) in [6, 6.07) is 7.92. The van der Waals surface area contributed by atoms with E-state index in [1.807, 2.05) is 42.5 Å². The Hall–Kier alpha value is -0.710. The van der Waals surface area contributed by atoms with Gasteiger partial charge in [0.25, 0.3) is 5.91 Å². The van der Waals surface area contributed by atoms with Crippen LogP contribution < -0.4 is 5.32 Å². The van der Waals surface area contributed by atoms with Gasteiger partial charge in [0.2, 0.25) is 0 Å². The molecule has 20 heavy (non-hydrogen) atoms. The summed E-state index contributed by atoms with van der Waals surface area (Å²) in [5.74, 6) is 0.892. The summed E-state index contributed by atoms with van der Waals surface area (Å²) in [5.41, 5.74) is 0.810. The molecule has 1 aliphatic rings. The van der Waals surface area contributed by atoms with Crippen LogP contribution in [0.3, 0.4) is 0 Å². The molecule has 0 aliphatic carbocycles. The molecule has 1 aromatic rings. The number of halogens is 1. The summed E-state index contributed by atoms with van der Waals surface area (Å²) in [5, 5.41) is 3.22. The van der Waals surface area contributed by atoms with Gasteiger partial charge in [-0.2, -0.15) is 0 Å². The van der Waals surface area contributed by atoms with Crippen LogP contribution in [0, 0.1) is 5.92 Å². The molecule has 0 aromatic heterocycles. The molecule has 1 amide bonds. The van der Waals surface area contributed by atoms with Crippen molar-refractivity contribution in [3.63, 3.8) is 0 Å². The van der Waals surface area contributed by atoms with Gasteiger partial charge in [-0.15, -0.1) is 24.2 Å².